The van der Waals surface area contributed by atoms with Crippen LogP contribution in [0.25, 0.3) is 0 Å². The number of amides is 2. The molecular formula is C17H20Cl2N2O3. The maximum atomic E-state index is 12.4. The Morgan fingerprint density at radius 3 is 2.46 bits per heavy atom. The van der Waals surface area contributed by atoms with Gasteiger partial charge in [0.2, 0.25) is 11.8 Å². The quantitative estimate of drug-likeness (QED) is 0.828. The monoisotopic (exact) mass is 370 g/mol. The third kappa shape index (κ3) is 3.62. The molecule has 1 aliphatic heterocycles. The lowest BCUT2D eigenvalue weighted by Gasteiger charge is -2.31. The molecule has 1 saturated heterocycles. The number of likely N-dealkylation sites (tertiary alicyclic amines) is 1. The zero-order valence-electron chi connectivity index (χ0n) is 13.4. The number of nitrogens with one attached hydrogen (secondary N) is 1. The third-order valence-corrected chi connectivity index (χ3v) is 5.50. The Morgan fingerprint density at radius 2 is 1.88 bits per heavy atom. The second-order valence-electron chi connectivity index (χ2n) is 6.31. The summed E-state index contributed by atoms with van der Waals surface area (Å²) < 4.78 is 4.35. The normalized spacial score (nSPS) is 22.8. The van der Waals surface area contributed by atoms with E-state index in [1.54, 1.807) is 18.1 Å². The van der Waals surface area contributed by atoms with Crippen LogP contribution in [0.3, 0.4) is 0 Å². The van der Waals surface area contributed by atoms with Crippen LogP contribution in [-0.4, -0.2) is 41.2 Å². The van der Waals surface area contributed by atoms with E-state index in [0.29, 0.717) is 43.8 Å². The molecule has 1 N–H and O–H groups in total. The minimum absolute atomic E-state index is 0.00332. The van der Waals surface area contributed by atoms with Gasteiger partial charge in [-0.2, -0.15) is 0 Å². The predicted octanol–water partition coefficient (Wildman–Crippen LogP) is 3.07. The van der Waals surface area contributed by atoms with Gasteiger partial charge >= 0.3 is 0 Å². The number of para-hydroxylation sites is 2. The second kappa shape index (κ2) is 6.81. The van der Waals surface area contributed by atoms with E-state index in [0.717, 1.165) is 0 Å². The van der Waals surface area contributed by atoms with E-state index >= 15 is 0 Å². The Morgan fingerprint density at radius 1 is 1.25 bits per heavy atom. The summed E-state index contributed by atoms with van der Waals surface area (Å²) in [5, 5.41) is 2.91. The molecule has 0 aromatic heterocycles. The van der Waals surface area contributed by atoms with Crippen LogP contribution >= 0.6 is 23.2 Å². The van der Waals surface area contributed by atoms with Crippen LogP contribution in [0.2, 0.25) is 0 Å². The summed E-state index contributed by atoms with van der Waals surface area (Å²) in [5.74, 6) is 0.188. The van der Waals surface area contributed by atoms with Crippen LogP contribution in [-0.2, 0) is 9.59 Å². The van der Waals surface area contributed by atoms with Crippen molar-refractivity contribution in [3.63, 3.8) is 0 Å². The molecule has 1 aromatic carbocycles. The van der Waals surface area contributed by atoms with E-state index in [1.807, 2.05) is 18.2 Å². The van der Waals surface area contributed by atoms with Gasteiger partial charge < -0.3 is 15.0 Å². The first-order valence-electron chi connectivity index (χ1n) is 8.03. The van der Waals surface area contributed by atoms with E-state index in [9.17, 15) is 9.59 Å². The van der Waals surface area contributed by atoms with Gasteiger partial charge in [-0.25, -0.2) is 0 Å². The fourth-order valence-corrected chi connectivity index (χ4v) is 3.54. The second-order valence-corrected chi connectivity index (χ2v) is 7.85. The van der Waals surface area contributed by atoms with E-state index in [2.05, 4.69) is 5.32 Å². The minimum Gasteiger partial charge on any atom is -0.495 e. The number of alkyl halides is 2. The Balaban J connectivity index is 1.53. The van der Waals surface area contributed by atoms with E-state index in [1.165, 1.54) is 0 Å². The van der Waals surface area contributed by atoms with Gasteiger partial charge in [0.15, 0.2) is 0 Å². The molecule has 1 aromatic rings. The number of carbonyl (C=O) groups is 2. The number of carbonyl (C=O) groups excluding carboxylic acids is 2. The fourth-order valence-electron chi connectivity index (χ4n) is 3.05. The van der Waals surface area contributed by atoms with Gasteiger partial charge in [-0.05, 0) is 31.4 Å². The van der Waals surface area contributed by atoms with Crippen LogP contribution < -0.4 is 10.1 Å². The highest BCUT2D eigenvalue weighted by Crippen LogP contribution is 2.54. The molecule has 1 heterocycles. The summed E-state index contributed by atoms with van der Waals surface area (Å²) in [6.07, 6.45) is 1.79. The summed E-state index contributed by atoms with van der Waals surface area (Å²) in [6, 6.07) is 7.31. The van der Waals surface area contributed by atoms with Crippen molar-refractivity contribution in [2.75, 3.05) is 25.5 Å². The van der Waals surface area contributed by atoms with Crippen molar-refractivity contribution in [1.82, 2.24) is 4.90 Å². The summed E-state index contributed by atoms with van der Waals surface area (Å²) >= 11 is 11.9. The zero-order chi connectivity index (χ0) is 17.3. The van der Waals surface area contributed by atoms with Crippen molar-refractivity contribution in [2.24, 2.45) is 11.8 Å². The first-order chi connectivity index (χ1) is 11.4. The molecule has 0 radical (unpaired) electrons. The van der Waals surface area contributed by atoms with Gasteiger partial charge in [0.1, 0.15) is 10.1 Å². The number of halogens is 2. The molecule has 3 rings (SSSR count). The van der Waals surface area contributed by atoms with Crippen LogP contribution in [0, 0.1) is 11.8 Å². The fraction of sp³-hybridized carbons (Fsp3) is 0.529. The van der Waals surface area contributed by atoms with Gasteiger partial charge in [0.25, 0.3) is 0 Å². The predicted molar refractivity (Wildman–Crippen MR) is 93.5 cm³/mol. The van der Waals surface area contributed by atoms with E-state index in [4.69, 9.17) is 27.9 Å². The van der Waals surface area contributed by atoms with Gasteiger partial charge in [-0.3, -0.25) is 9.59 Å². The van der Waals surface area contributed by atoms with Crippen molar-refractivity contribution in [3.8, 4) is 5.75 Å². The number of benzene rings is 1. The largest absolute Gasteiger partial charge is 0.495 e. The van der Waals surface area contributed by atoms with Gasteiger partial charge in [0.05, 0.1) is 18.7 Å². The van der Waals surface area contributed by atoms with Crippen LogP contribution in [0.4, 0.5) is 5.69 Å². The molecule has 130 valence electrons. The molecule has 1 saturated carbocycles. The number of anilines is 1. The average molecular weight is 371 g/mol. The number of piperidine rings is 1. The van der Waals surface area contributed by atoms with Crippen molar-refractivity contribution in [1.29, 1.82) is 0 Å². The molecule has 2 amide bonds. The number of ether oxygens (including phenoxy) is 1. The molecule has 24 heavy (non-hydrogen) atoms. The number of methoxy groups -OCH3 is 1. The lowest BCUT2D eigenvalue weighted by molar-refractivity contribution is -0.135. The lowest BCUT2D eigenvalue weighted by atomic mass is 9.95. The topological polar surface area (TPSA) is 58.6 Å². The van der Waals surface area contributed by atoms with Crippen molar-refractivity contribution < 1.29 is 14.3 Å². The first-order valence-corrected chi connectivity index (χ1v) is 8.78. The first kappa shape index (κ1) is 17.4. The highest BCUT2D eigenvalue weighted by molar-refractivity contribution is 6.52. The van der Waals surface area contributed by atoms with Crippen molar-refractivity contribution in [2.45, 2.75) is 23.6 Å². The highest BCUT2D eigenvalue weighted by atomic mass is 35.5. The maximum Gasteiger partial charge on any atom is 0.228 e. The van der Waals surface area contributed by atoms with Crippen molar-refractivity contribution >= 4 is 40.7 Å². The van der Waals surface area contributed by atoms with Crippen molar-refractivity contribution in [3.05, 3.63) is 24.3 Å². The summed E-state index contributed by atoms with van der Waals surface area (Å²) in [6.45, 7) is 1.12. The molecule has 7 heteroatoms. The number of hydrogen-bond donors (Lipinski definition) is 1. The molecule has 1 unspecified atom stereocenters. The highest BCUT2D eigenvalue weighted by Gasteiger charge is 2.57. The third-order valence-electron chi connectivity index (χ3n) is 4.67. The number of rotatable bonds is 4. The molecule has 2 aliphatic rings. The Hall–Kier alpha value is -1.46. The van der Waals surface area contributed by atoms with E-state index in [-0.39, 0.29) is 23.7 Å². The molecular weight excluding hydrogens is 351 g/mol. The standard InChI is InChI=1S/C17H20Cl2N2O3/c1-24-14-5-3-2-4-13(14)20-15(22)11-6-8-21(9-7-11)16(23)12-10-17(12,18)19/h2-5,11-12H,6-10H2,1H3,(H,20,22). The van der Waals surface area contributed by atoms with Crippen LogP contribution in [0.1, 0.15) is 19.3 Å². The average Bonchev–Trinajstić information content (AvgIpc) is 3.23. The molecule has 0 spiro atoms. The summed E-state index contributed by atoms with van der Waals surface area (Å²) in [7, 11) is 1.57. The number of hydrogen-bond acceptors (Lipinski definition) is 3. The Bertz CT molecular complexity index is 642. The van der Waals surface area contributed by atoms with Gasteiger partial charge in [0, 0.05) is 19.0 Å². The smallest absolute Gasteiger partial charge is 0.228 e. The minimum atomic E-state index is -0.894. The summed E-state index contributed by atoms with van der Waals surface area (Å²) in [4.78, 5) is 26.5. The molecule has 5 nitrogen and oxygen atoms in total. The SMILES string of the molecule is COc1ccccc1NC(=O)C1CCN(C(=O)C2CC2(Cl)Cl)CC1. The molecule has 1 aliphatic carbocycles. The van der Waals surface area contributed by atoms with Crippen LogP contribution in [0.5, 0.6) is 5.75 Å². The molecule has 1 atom stereocenters. The number of nitrogens with zero attached hydrogens (tertiary/aromatic N) is 1. The van der Waals surface area contributed by atoms with Crippen LogP contribution in [0.15, 0.2) is 24.3 Å². The summed E-state index contributed by atoms with van der Waals surface area (Å²) in [5.41, 5.74) is 0.663. The molecule has 2 fully saturated rings. The Labute approximate surface area is 151 Å². The van der Waals surface area contributed by atoms with Gasteiger partial charge in [-0.15, -0.1) is 23.2 Å². The molecule has 0 bridgehead atoms. The lowest BCUT2D eigenvalue weighted by Crippen LogP contribution is -2.42. The maximum absolute atomic E-state index is 12.4. The Kier molecular flexibility index (Phi) is 4.92. The van der Waals surface area contributed by atoms with E-state index < -0.39 is 4.33 Å². The zero-order valence-corrected chi connectivity index (χ0v) is 14.9. The van der Waals surface area contributed by atoms with Gasteiger partial charge in [-0.1, -0.05) is 12.1 Å².